The molecule has 4 nitrogen and oxygen atoms in total. The van der Waals surface area contributed by atoms with Gasteiger partial charge in [0.05, 0.1) is 11.1 Å². The van der Waals surface area contributed by atoms with Crippen LogP contribution in [0, 0.1) is 5.92 Å². The standard InChI is InChI=1S/C15H18N2O2/c1-3-9-8-12(9)17-11-7-5-6-10(15(18)19)14(11)16-13(17)4-2/h5-7,9,12H,3-4,8H2,1-2H3,(H,18,19). The van der Waals surface area contributed by atoms with Crippen molar-refractivity contribution >= 4 is 17.0 Å². The Labute approximate surface area is 112 Å². The number of carboxylic acid groups (broad SMARTS) is 1. The van der Waals surface area contributed by atoms with E-state index in [0.29, 0.717) is 17.1 Å². The number of rotatable bonds is 4. The number of imidazole rings is 1. The first-order valence-electron chi connectivity index (χ1n) is 6.90. The van der Waals surface area contributed by atoms with Crippen molar-refractivity contribution in [3.63, 3.8) is 0 Å². The van der Waals surface area contributed by atoms with E-state index in [1.165, 1.54) is 12.8 Å². The van der Waals surface area contributed by atoms with Crippen LogP contribution in [0.15, 0.2) is 18.2 Å². The summed E-state index contributed by atoms with van der Waals surface area (Å²) in [6, 6.07) is 5.94. The number of aromatic nitrogens is 2. The number of hydrogen-bond acceptors (Lipinski definition) is 2. The van der Waals surface area contributed by atoms with Gasteiger partial charge >= 0.3 is 5.97 Å². The highest BCUT2D eigenvalue weighted by Crippen LogP contribution is 2.47. The van der Waals surface area contributed by atoms with E-state index < -0.39 is 5.97 Å². The van der Waals surface area contributed by atoms with Gasteiger partial charge in [0.25, 0.3) is 0 Å². The Morgan fingerprint density at radius 3 is 2.84 bits per heavy atom. The quantitative estimate of drug-likeness (QED) is 0.915. The van der Waals surface area contributed by atoms with E-state index in [9.17, 15) is 9.90 Å². The second-order valence-electron chi connectivity index (χ2n) is 5.20. The van der Waals surface area contributed by atoms with Crippen molar-refractivity contribution in [2.24, 2.45) is 5.92 Å². The first-order chi connectivity index (χ1) is 9.17. The van der Waals surface area contributed by atoms with E-state index in [4.69, 9.17) is 0 Å². The monoisotopic (exact) mass is 258 g/mol. The number of carbonyl (C=O) groups is 1. The van der Waals surface area contributed by atoms with Gasteiger partial charge in [-0.2, -0.15) is 0 Å². The van der Waals surface area contributed by atoms with Gasteiger partial charge in [-0.15, -0.1) is 0 Å². The molecule has 3 rings (SSSR count). The Hall–Kier alpha value is -1.84. The molecule has 19 heavy (non-hydrogen) atoms. The lowest BCUT2D eigenvalue weighted by Crippen LogP contribution is -2.02. The third-order valence-electron chi connectivity index (χ3n) is 4.08. The van der Waals surface area contributed by atoms with Crippen molar-refractivity contribution in [3.05, 3.63) is 29.6 Å². The highest BCUT2D eigenvalue weighted by atomic mass is 16.4. The molecule has 0 saturated heterocycles. The van der Waals surface area contributed by atoms with E-state index in [0.717, 1.165) is 23.7 Å². The molecule has 1 heterocycles. The first kappa shape index (κ1) is 12.2. The van der Waals surface area contributed by atoms with Crippen LogP contribution >= 0.6 is 0 Å². The molecule has 2 aromatic rings. The Bertz CT molecular complexity index is 645. The van der Waals surface area contributed by atoms with Gasteiger partial charge in [-0.05, 0) is 24.5 Å². The molecule has 0 spiro atoms. The predicted molar refractivity (Wildman–Crippen MR) is 73.5 cm³/mol. The number of nitrogens with zero attached hydrogens (tertiary/aromatic N) is 2. The van der Waals surface area contributed by atoms with Gasteiger partial charge in [-0.1, -0.05) is 26.3 Å². The molecule has 1 saturated carbocycles. The van der Waals surface area contributed by atoms with Crippen molar-refractivity contribution < 1.29 is 9.90 Å². The fraction of sp³-hybridized carbons (Fsp3) is 0.467. The predicted octanol–water partition coefficient (Wildman–Crippen LogP) is 3.27. The van der Waals surface area contributed by atoms with Gasteiger partial charge in [0.1, 0.15) is 11.3 Å². The minimum absolute atomic E-state index is 0.305. The van der Waals surface area contributed by atoms with Crippen LogP contribution in [-0.4, -0.2) is 20.6 Å². The minimum Gasteiger partial charge on any atom is -0.478 e. The van der Waals surface area contributed by atoms with Gasteiger partial charge < -0.3 is 9.67 Å². The van der Waals surface area contributed by atoms with E-state index in [1.807, 2.05) is 12.1 Å². The summed E-state index contributed by atoms with van der Waals surface area (Å²) < 4.78 is 2.26. The lowest BCUT2D eigenvalue weighted by Gasteiger charge is -2.07. The van der Waals surface area contributed by atoms with Crippen molar-refractivity contribution in [2.75, 3.05) is 0 Å². The zero-order valence-corrected chi connectivity index (χ0v) is 11.3. The van der Waals surface area contributed by atoms with Crippen molar-refractivity contribution in [1.29, 1.82) is 0 Å². The summed E-state index contributed by atoms with van der Waals surface area (Å²) >= 11 is 0. The smallest absolute Gasteiger partial charge is 0.337 e. The molecule has 0 aliphatic heterocycles. The molecular weight excluding hydrogens is 240 g/mol. The molecule has 1 aliphatic carbocycles. The van der Waals surface area contributed by atoms with Crippen LogP contribution < -0.4 is 0 Å². The number of benzene rings is 1. The number of fused-ring (bicyclic) bond motifs is 1. The molecule has 4 heteroatoms. The summed E-state index contributed by atoms with van der Waals surface area (Å²) in [5, 5.41) is 9.26. The number of hydrogen-bond donors (Lipinski definition) is 1. The van der Waals surface area contributed by atoms with Crippen LogP contribution in [0.4, 0.5) is 0 Å². The highest BCUT2D eigenvalue weighted by Gasteiger charge is 2.39. The van der Waals surface area contributed by atoms with Crippen LogP contribution in [0.1, 0.15) is 48.9 Å². The number of aryl methyl sites for hydroxylation is 1. The molecule has 1 aromatic heterocycles. The molecule has 0 radical (unpaired) electrons. The van der Waals surface area contributed by atoms with Gasteiger partial charge in [0, 0.05) is 12.5 Å². The molecule has 1 aromatic carbocycles. The van der Waals surface area contributed by atoms with Crippen LogP contribution in [0.5, 0.6) is 0 Å². The third kappa shape index (κ3) is 1.82. The maximum absolute atomic E-state index is 11.3. The zero-order chi connectivity index (χ0) is 13.6. The molecule has 1 fully saturated rings. The molecule has 2 unspecified atom stereocenters. The number of aromatic carboxylic acids is 1. The van der Waals surface area contributed by atoms with Crippen LogP contribution in [-0.2, 0) is 6.42 Å². The van der Waals surface area contributed by atoms with Crippen LogP contribution in [0.25, 0.3) is 11.0 Å². The van der Waals surface area contributed by atoms with E-state index in [1.54, 1.807) is 6.07 Å². The average Bonchev–Trinajstić information content (AvgIpc) is 3.09. The van der Waals surface area contributed by atoms with Crippen molar-refractivity contribution in [1.82, 2.24) is 9.55 Å². The van der Waals surface area contributed by atoms with E-state index in [-0.39, 0.29) is 0 Å². The highest BCUT2D eigenvalue weighted by molar-refractivity contribution is 6.01. The molecular formula is C15H18N2O2. The van der Waals surface area contributed by atoms with Gasteiger partial charge in [0.2, 0.25) is 0 Å². The SMILES string of the molecule is CCc1nc2c(C(=O)O)cccc2n1C1CC1CC. The first-order valence-corrected chi connectivity index (χ1v) is 6.90. The summed E-state index contributed by atoms with van der Waals surface area (Å²) in [7, 11) is 0. The largest absolute Gasteiger partial charge is 0.478 e. The Morgan fingerprint density at radius 2 is 2.26 bits per heavy atom. The summed E-state index contributed by atoms with van der Waals surface area (Å²) in [5.41, 5.74) is 1.91. The van der Waals surface area contributed by atoms with Crippen LogP contribution in [0.2, 0.25) is 0 Å². The molecule has 0 bridgehead atoms. The Balaban J connectivity index is 2.20. The minimum atomic E-state index is -0.902. The molecule has 2 atom stereocenters. The fourth-order valence-electron chi connectivity index (χ4n) is 2.94. The number of para-hydroxylation sites is 1. The summed E-state index contributed by atoms with van der Waals surface area (Å²) in [6.07, 6.45) is 3.19. The molecule has 0 amide bonds. The normalized spacial score (nSPS) is 21.8. The fourth-order valence-corrected chi connectivity index (χ4v) is 2.94. The third-order valence-corrected chi connectivity index (χ3v) is 4.08. The molecule has 100 valence electrons. The van der Waals surface area contributed by atoms with E-state index in [2.05, 4.69) is 23.4 Å². The Kier molecular flexibility index (Phi) is 2.81. The maximum atomic E-state index is 11.3. The van der Waals surface area contributed by atoms with Crippen molar-refractivity contribution in [3.8, 4) is 0 Å². The average molecular weight is 258 g/mol. The van der Waals surface area contributed by atoms with Gasteiger partial charge in [-0.25, -0.2) is 9.78 Å². The summed E-state index contributed by atoms with van der Waals surface area (Å²) in [6.45, 7) is 4.28. The number of carboxylic acids is 1. The van der Waals surface area contributed by atoms with Gasteiger partial charge in [-0.3, -0.25) is 0 Å². The lowest BCUT2D eigenvalue weighted by molar-refractivity contribution is 0.0699. The maximum Gasteiger partial charge on any atom is 0.337 e. The second-order valence-corrected chi connectivity index (χ2v) is 5.20. The van der Waals surface area contributed by atoms with Crippen LogP contribution in [0.3, 0.4) is 0 Å². The second kappa shape index (κ2) is 4.37. The van der Waals surface area contributed by atoms with Crippen molar-refractivity contribution in [2.45, 2.75) is 39.2 Å². The van der Waals surface area contributed by atoms with E-state index >= 15 is 0 Å². The molecule has 1 aliphatic rings. The lowest BCUT2D eigenvalue weighted by atomic mass is 10.2. The molecule has 1 N–H and O–H groups in total. The zero-order valence-electron chi connectivity index (χ0n) is 11.3. The topological polar surface area (TPSA) is 55.1 Å². The van der Waals surface area contributed by atoms with Gasteiger partial charge in [0.15, 0.2) is 0 Å². The Morgan fingerprint density at radius 1 is 1.47 bits per heavy atom. The summed E-state index contributed by atoms with van der Waals surface area (Å²) in [4.78, 5) is 15.8. The summed E-state index contributed by atoms with van der Waals surface area (Å²) in [5.74, 6) is 0.821.